The number of anilines is 1. The lowest BCUT2D eigenvalue weighted by molar-refractivity contribution is 0.909. The molecule has 0 saturated heterocycles. The van der Waals surface area contributed by atoms with Crippen LogP contribution in [0.3, 0.4) is 0 Å². The Morgan fingerprint density at radius 3 is 2.95 bits per heavy atom. The molecule has 0 N–H and O–H groups in total. The van der Waals surface area contributed by atoms with Crippen LogP contribution in [-0.4, -0.2) is 16.4 Å². The van der Waals surface area contributed by atoms with E-state index in [0.29, 0.717) is 0 Å². The van der Waals surface area contributed by atoms with Gasteiger partial charge in [0.1, 0.15) is 0 Å². The highest BCUT2D eigenvalue weighted by molar-refractivity contribution is 9.10. The fourth-order valence-corrected chi connectivity index (χ4v) is 4.75. The van der Waals surface area contributed by atoms with Crippen LogP contribution in [0.25, 0.3) is 4.96 Å². The van der Waals surface area contributed by atoms with E-state index in [9.17, 15) is 0 Å². The summed E-state index contributed by atoms with van der Waals surface area (Å²) < 4.78 is 3.29. The molecule has 0 aliphatic rings. The van der Waals surface area contributed by atoms with Crippen LogP contribution in [0.1, 0.15) is 10.6 Å². The number of nitrogens with zero attached hydrogens (tertiary/aromatic N) is 3. The molecule has 0 aliphatic heterocycles. The average molecular weight is 421 g/mol. The summed E-state index contributed by atoms with van der Waals surface area (Å²) in [5, 5.41) is 4.98. The van der Waals surface area contributed by atoms with Crippen LogP contribution in [-0.2, 0) is 11.9 Å². The molecule has 0 saturated carbocycles. The highest BCUT2D eigenvalue weighted by Crippen LogP contribution is 2.28. The Balaban J connectivity index is 1.92. The molecule has 0 amide bonds. The van der Waals surface area contributed by atoms with Crippen molar-refractivity contribution in [1.29, 1.82) is 0 Å². The van der Waals surface area contributed by atoms with Gasteiger partial charge in [-0.25, -0.2) is 4.98 Å². The number of thiazole rings is 1. The minimum absolute atomic E-state index is 0.804. The fraction of sp³-hybridized carbons (Fsp3) is 0.250. The molecule has 3 aromatic rings. The van der Waals surface area contributed by atoms with Crippen LogP contribution in [0, 0.1) is 0 Å². The van der Waals surface area contributed by atoms with E-state index in [0.717, 1.165) is 27.1 Å². The maximum atomic E-state index is 4.72. The second kappa shape index (κ2) is 5.55. The molecule has 100 valence electrons. The predicted octanol–water partition coefficient (Wildman–Crippen LogP) is 4.75. The summed E-state index contributed by atoms with van der Waals surface area (Å²) in [5.41, 5.74) is 1.20. The van der Waals surface area contributed by atoms with E-state index in [1.54, 1.807) is 22.7 Å². The maximum absolute atomic E-state index is 4.72. The van der Waals surface area contributed by atoms with Crippen LogP contribution in [0.2, 0.25) is 0 Å². The summed E-state index contributed by atoms with van der Waals surface area (Å²) in [4.78, 5) is 9.29. The molecule has 0 aromatic carbocycles. The third-order valence-electron chi connectivity index (χ3n) is 2.84. The number of thiophene rings is 1. The van der Waals surface area contributed by atoms with Crippen molar-refractivity contribution in [1.82, 2.24) is 9.38 Å². The Morgan fingerprint density at radius 2 is 2.26 bits per heavy atom. The van der Waals surface area contributed by atoms with Gasteiger partial charge in [-0.2, -0.15) is 0 Å². The minimum Gasteiger partial charge on any atom is -0.353 e. The first-order valence-electron chi connectivity index (χ1n) is 5.63. The van der Waals surface area contributed by atoms with Crippen molar-refractivity contribution in [2.75, 3.05) is 11.9 Å². The summed E-state index contributed by atoms with van der Waals surface area (Å²) >= 11 is 10.5. The lowest BCUT2D eigenvalue weighted by Gasteiger charge is -2.16. The number of hydrogen-bond donors (Lipinski definition) is 0. The third kappa shape index (κ3) is 2.61. The number of hydrogen-bond acceptors (Lipinski definition) is 4. The molecule has 0 fully saturated rings. The molecule has 0 radical (unpaired) electrons. The molecule has 19 heavy (non-hydrogen) atoms. The normalized spacial score (nSPS) is 11.3. The van der Waals surface area contributed by atoms with Gasteiger partial charge in [-0.15, -0.1) is 22.7 Å². The lowest BCUT2D eigenvalue weighted by Crippen LogP contribution is -2.17. The van der Waals surface area contributed by atoms with Gasteiger partial charge in [0.15, 0.2) is 10.8 Å². The first-order valence-corrected chi connectivity index (χ1v) is 9.31. The number of fused-ring (bicyclic) bond motifs is 1. The van der Waals surface area contributed by atoms with Crippen molar-refractivity contribution in [3.8, 4) is 0 Å². The summed E-state index contributed by atoms with van der Waals surface area (Å²) in [6.07, 6.45) is 2.07. The van der Waals surface area contributed by atoms with Gasteiger partial charge < -0.3 is 4.90 Å². The standard InChI is InChI=1S/C12H11Br2N3S2/c1-16(6-9-4-8(14)7-19-9)11-10(5-13)17-2-3-18-12(17)15-11/h2-4,7H,5-6H2,1H3. The molecule has 3 heterocycles. The Bertz CT molecular complexity index is 701. The van der Waals surface area contributed by atoms with Gasteiger partial charge in [0.05, 0.1) is 12.2 Å². The fourth-order valence-electron chi connectivity index (χ4n) is 2.00. The molecule has 0 bridgehead atoms. The molecule has 3 aromatic heterocycles. The van der Waals surface area contributed by atoms with E-state index in [-0.39, 0.29) is 0 Å². The minimum atomic E-state index is 0.804. The molecule has 0 unspecified atom stereocenters. The zero-order valence-corrected chi connectivity index (χ0v) is 14.9. The van der Waals surface area contributed by atoms with Crippen molar-refractivity contribution < 1.29 is 0 Å². The van der Waals surface area contributed by atoms with Crippen LogP contribution in [0.15, 0.2) is 27.5 Å². The van der Waals surface area contributed by atoms with E-state index in [2.05, 4.69) is 71.2 Å². The topological polar surface area (TPSA) is 20.5 Å². The van der Waals surface area contributed by atoms with Crippen molar-refractivity contribution in [2.45, 2.75) is 11.9 Å². The molecule has 3 nitrogen and oxygen atoms in total. The van der Waals surface area contributed by atoms with Gasteiger partial charge in [-0.3, -0.25) is 4.40 Å². The van der Waals surface area contributed by atoms with E-state index in [1.807, 2.05) is 0 Å². The quantitative estimate of drug-likeness (QED) is 0.567. The van der Waals surface area contributed by atoms with Gasteiger partial charge in [0.25, 0.3) is 0 Å². The number of halogens is 2. The number of aromatic nitrogens is 2. The molecule has 3 rings (SSSR count). The Hall–Kier alpha value is -0.370. The maximum Gasteiger partial charge on any atom is 0.195 e. The zero-order valence-electron chi connectivity index (χ0n) is 10.1. The number of imidazole rings is 1. The predicted molar refractivity (Wildman–Crippen MR) is 89.8 cm³/mol. The highest BCUT2D eigenvalue weighted by atomic mass is 79.9. The summed E-state index contributed by atoms with van der Waals surface area (Å²) in [6, 6.07) is 2.16. The van der Waals surface area contributed by atoms with E-state index in [1.165, 1.54) is 10.6 Å². The molecule has 0 aliphatic carbocycles. The number of alkyl halides is 1. The molecular formula is C12H11Br2N3S2. The monoisotopic (exact) mass is 419 g/mol. The first-order chi connectivity index (χ1) is 9.19. The van der Waals surface area contributed by atoms with Crippen LogP contribution < -0.4 is 4.90 Å². The second-order valence-electron chi connectivity index (χ2n) is 4.16. The number of rotatable bonds is 4. The van der Waals surface area contributed by atoms with E-state index < -0.39 is 0 Å². The van der Waals surface area contributed by atoms with Gasteiger partial charge >= 0.3 is 0 Å². The third-order valence-corrected chi connectivity index (χ3v) is 5.81. The van der Waals surface area contributed by atoms with Crippen LogP contribution >= 0.6 is 54.5 Å². The van der Waals surface area contributed by atoms with E-state index >= 15 is 0 Å². The Labute approximate surface area is 136 Å². The average Bonchev–Trinajstić information content (AvgIpc) is 3.03. The first kappa shape index (κ1) is 13.6. The molecule has 0 atom stereocenters. The second-order valence-corrected chi connectivity index (χ2v) is 7.50. The smallest absolute Gasteiger partial charge is 0.195 e. The van der Waals surface area contributed by atoms with Crippen molar-refractivity contribution in [3.63, 3.8) is 0 Å². The van der Waals surface area contributed by atoms with E-state index in [4.69, 9.17) is 4.98 Å². The van der Waals surface area contributed by atoms with Crippen molar-refractivity contribution >= 4 is 65.3 Å². The largest absolute Gasteiger partial charge is 0.353 e. The summed E-state index contributed by atoms with van der Waals surface area (Å²) in [5.74, 6) is 1.05. The van der Waals surface area contributed by atoms with Crippen molar-refractivity contribution in [3.05, 3.63) is 38.1 Å². The van der Waals surface area contributed by atoms with Crippen LogP contribution in [0.4, 0.5) is 5.82 Å². The highest BCUT2D eigenvalue weighted by Gasteiger charge is 2.16. The molecule has 7 heteroatoms. The van der Waals surface area contributed by atoms with Gasteiger partial charge in [0.2, 0.25) is 0 Å². The summed E-state index contributed by atoms with van der Waals surface area (Å²) in [7, 11) is 2.09. The zero-order chi connectivity index (χ0) is 13.4. The SMILES string of the molecule is CN(Cc1cc(Br)cs1)c1nc2sccn2c1CBr. The molecular weight excluding hydrogens is 410 g/mol. The van der Waals surface area contributed by atoms with Gasteiger partial charge in [-0.1, -0.05) is 15.9 Å². The van der Waals surface area contributed by atoms with Gasteiger partial charge in [-0.05, 0) is 22.0 Å². The Morgan fingerprint density at radius 1 is 1.42 bits per heavy atom. The Kier molecular flexibility index (Phi) is 3.98. The summed E-state index contributed by atoms with van der Waals surface area (Å²) in [6.45, 7) is 0.876. The molecule has 0 spiro atoms. The van der Waals surface area contributed by atoms with Crippen molar-refractivity contribution in [2.24, 2.45) is 0 Å². The lowest BCUT2D eigenvalue weighted by atomic mass is 10.4. The van der Waals surface area contributed by atoms with Gasteiger partial charge in [0, 0.05) is 38.7 Å². The van der Waals surface area contributed by atoms with Crippen LogP contribution in [0.5, 0.6) is 0 Å².